The van der Waals surface area contributed by atoms with E-state index in [1.165, 1.54) is 77.0 Å². The summed E-state index contributed by atoms with van der Waals surface area (Å²) in [7, 11) is 0. The van der Waals surface area contributed by atoms with Crippen LogP contribution in [0.2, 0.25) is 0 Å². The second-order valence-electron chi connectivity index (χ2n) is 12.2. The molecule has 0 aromatic carbocycles. The van der Waals surface area contributed by atoms with Gasteiger partial charge in [0.05, 0.1) is 0 Å². The van der Waals surface area contributed by atoms with E-state index in [1.54, 1.807) is 0 Å². The molecule has 7 N–H and O–H groups in total. The fraction of sp³-hybridized carbons (Fsp3) is 0.857. The second-order valence-corrected chi connectivity index (χ2v) is 12.2. The topological polar surface area (TPSA) is 202 Å². The molecule has 2 atom stereocenters. The van der Waals surface area contributed by atoms with Gasteiger partial charge in [-0.3, -0.25) is 19.2 Å². The molecule has 0 fully saturated rings. The van der Waals surface area contributed by atoms with Crippen molar-refractivity contribution in [3.63, 3.8) is 0 Å². The number of rotatable bonds is 29. The fourth-order valence-corrected chi connectivity index (χ4v) is 4.65. The molecule has 0 saturated heterocycles. The number of carbonyl (C=O) groups excluding carboxylic acids is 4. The Labute approximate surface area is 278 Å². The van der Waals surface area contributed by atoms with Crippen LogP contribution in [0.15, 0.2) is 0 Å². The number of unbranched alkanes of at least 4 members (excludes halogenated alkanes) is 17. The Morgan fingerprint density at radius 2 is 0.891 bits per heavy atom. The number of ether oxygens (including phenoxy) is 2. The molecule has 11 nitrogen and oxygen atoms in total. The highest BCUT2D eigenvalue weighted by molar-refractivity contribution is 5.89. The zero-order valence-corrected chi connectivity index (χ0v) is 29.1. The number of hydrogen-bond acceptors (Lipinski definition) is 10. The van der Waals surface area contributed by atoms with Crippen LogP contribution in [0.1, 0.15) is 174 Å². The minimum atomic E-state index is -1.10. The summed E-state index contributed by atoms with van der Waals surface area (Å²) in [6.45, 7) is 5.01. The Kier molecular flexibility index (Phi) is 33.8. The van der Waals surface area contributed by atoms with Crippen molar-refractivity contribution in [2.45, 2.75) is 186 Å². The number of carbonyl (C=O) groups is 5. The van der Waals surface area contributed by atoms with Gasteiger partial charge in [-0.2, -0.15) is 0 Å². The maximum absolute atomic E-state index is 12.0. The molecule has 0 bridgehead atoms. The zero-order valence-electron chi connectivity index (χ0n) is 29.1. The summed E-state index contributed by atoms with van der Waals surface area (Å²) in [4.78, 5) is 57.6. The Morgan fingerprint density at radius 1 is 0.500 bits per heavy atom. The third-order valence-corrected chi connectivity index (χ3v) is 7.66. The van der Waals surface area contributed by atoms with Gasteiger partial charge in [0.1, 0.15) is 12.1 Å². The van der Waals surface area contributed by atoms with Crippen LogP contribution in [-0.4, -0.2) is 53.6 Å². The van der Waals surface area contributed by atoms with Gasteiger partial charge >= 0.3 is 29.8 Å². The molecule has 0 aliphatic carbocycles. The van der Waals surface area contributed by atoms with Crippen LogP contribution in [0.5, 0.6) is 0 Å². The van der Waals surface area contributed by atoms with Gasteiger partial charge < -0.3 is 31.8 Å². The second kappa shape index (κ2) is 34.0. The third-order valence-electron chi connectivity index (χ3n) is 7.66. The van der Waals surface area contributed by atoms with Crippen LogP contribution in [0.4, 0.5) is 0 Å². The molecular formula is C35H67N3O8. The normalized spacial score (nSPS) is 12.0. The summed E-state index contributed by atoms with van der Waals surface area (Å²) in [6.07, 6.45) is 22.8. The summed E-state index contributed by atoms with van der Waals surface area (Å²) < 4.78 is 9.58. The molecule has 11 heteroatoms. The molecule has 0 spiro atoms. The maximum Gasteiger partial charge on any atom is 0.330 e. The van der Waals surface area contributed by atoms with Gasteiger partial charge in [-0.1, -0.05) is 123 Å². The van der Waals surface area contributed by atoms with Crippen molar-refractivity contribution >= 4 is 29.8 Å². The lowest BCUT2D eigenvalue weighted by atomic mass is 10.1. The minimum absolute atomic E-state index is 0.0334. The molecule has 0 rings (SSSR count). The fourth-order valence-electron chi connectivity index (χ4n) is 4.65. The van der Waals surface area contributed by atoms with Crippen LogP contribution >= 0.6 is 0 Å². The first kappa shape index (κ1) is 45.8. The number of carboxylic acid groups (broad SMARTS) is 1. The van der Waals surface area contributed by atoms with Gasteiger partial charge in [0.15, 0.2) is 0 Å². The highest BCUT2D eigenvalue weighted by Crippen LogP contribution is 2.12. The molecule has 0 radical (unpaired) electrons. The molecule has 0 unspecified atom stereocenters. The van der Waals surface area contributed by atoms with E-state index in [4.69, 9.17) is 31.8 Å². The number of aliphatic carboxylic acids is 1. The highest BCUT2D eigenvalue weighted by atomic mass is 16.6. The number of nitrogens with two attached hydrogens (primary N) is 3. The molecule has 46 heavy (non-hydrogen) atoms. The largest absolute Gasteiger partial charge is 0.480 e. The SMILES string of the molecule is CCCCCCCCCCCC(=O)OC(=O)CC[C@H](N)C(=O)OC(=O)CCCCCCCCCCC.NCCCC[C@H](N)C(=O)O. The molecule has 0 saturated carbocycles. The quantitative estimate of drug-likeness (QED) is 0.0383. The van der Waals surface area contributed by atoms with Crippen molar-refractivity contribution in [3.05, 3.63) is 0 Å². The van der Waals surface area contributed by atoms with E-state index < -0.39 is 41.9 Å². The smallest absolute Gasteiger partial charge is 0.330 e. The lowest BCUT2D eigenvalue weighted by Gasteiger charge is -2.10. The van der Waals surface area contributed by atoms with E-state index in [-0.39, 0.29) is 25.7 Å². The van der Waals surface area contributed by atoms with Crippen molar-refractivity contribution in [1.29, 1.82) is 0 Å². The van der Waals surface area contributed by atoms with Gasteiger partial charge in [-0.25, -0.2) is 4.79 Å². The van der Waals surface area contributed by atoms with Gasteiger partial charge in [0.2, 0.25) is 0 Å². The summed E-state index contributed by atoms with van der Waals surface area (Å²) >= 11 is 0. The molecule has 0 aromatic heterocycles. The van der Waals surface area contributed by atoms with Crippen molar-refractivity contribution in [2.75, 3.05) is 6.54 Å². The average Bonchev–Trinajstić information content (AvgIpc) is 3.02. The standard InChI is InChI=1S/C29H53NO6.C6H14N2O2/c1-3-5-7-9-11-13-15-17-19-21-26(31)35-28(33)24-23-25(30)29(34)36-27(32)22-20-18-16-14-12-10-8-6-4-2;7-4-2-1-3-5(8)6(9)10/h25H,3-24,30H2,1-2H3;5H,1-4,7-8H2,(H,9,10)/t25-;5-/m00/s1. The molecule has 0 amide bonds. The summed E-state index contributed by atoms with van der Waals surface area (Å²) in [5, 5.41) is 8.33. The summed E-state index contributed by atoms with van der Waals surface area (Å²) in [5.74, 6) is -3.62. The third kappa shape index (κ3) is 33.0. The van der Waals surface area contributed by atoms with Gasteiger partial charge in [-0.15, -0.1) is 0 Å². The van der Waals surface area contributed by atoms with E-state index in [0.29, 0.717) is 25.8 Å². The molecule has 0 aliphatic rings. The lowest BCUT2D eigenvalue weighted by molar-refractivity contribution is -0.160. The van der Waals surface area contributed by atoms with Crippen LogP contribution in [-0.2, 0) is 33.4 Å². The van der Waals surface area contributed by atoms with E-state index in [9.17, 15) is 24.0 Å². The van der Waals surface area contributed by atoms with E-state index in [0.717, 1.165) is 38.5 Å². The van der Waals surface area contributed by atoms with E-state index in [1.807, 2.05) is 0 Å². The predicted octanol–water partition coefficient (Wildman–Crippen LogP) is 6.60. The van der Waals surface area contributed by atoms with Crippen LogP contribution in [0.3, 0.4) is 0 Å². The Morgan fingerprint density at radius 3 is 1.30 bits per heavy atom. The molecule has 270 valence electrons. The zero-order chi connectivity index (χ0) is 34.8. The Balaban J connectivity index is 0. The monoisotopic (exact) mass is 657 g/mol. The van der Waals surface area contributed by atoms with Crippen molar-refractivity contribution in [2.24, 2.45) is 17.2 Å². The van der Waals surface area contributed by atoms with Crippen LogP contribution in [0, 0.1) is 0 Å². The van der Waals surface area contributed by atoms with Gasteiger partial charge in [-0.05, 0) is 38.6 Å². The first-order chi connectivity index (χ1) is 22.1. The van der Waals surface area contributed by atoms with Crippen LogP contribution in [0.25, 0.3) is 0 Å². The highest BCUT2D eigenvalue weighted by Gasteiger charge is 2.21. The van der Waals surface area contributed by atoms with Gasteiger partial charge in [0, 0.05) is 19.3 Å². The number of hydrogen-bond donors (Lipinski definition) is 4. The van der Waals surface area contributed by atoms with Crippen molar-refractivity contribution in [1.82, 2.24) is 0 Å². The summed E-state index contributed by atoms with van der Waals surface area (Å²) in [6, 6.07) is -1.82. The van der Waals surface area contributed by atoms with Gasteiger partial charge in [0.25, 0.3) is 0 Å². The lowest BCUT2D eigenvalue weighted by Crippen LogP contribution is -2.34. The average molecular weight is 658 g/mol. The van der Waals surface area contributed by atoms with Crippen molar-refractivity contribution < 1.29 is 38.6 Å². The molecule has 0 heterocycles. The molecular weight excluding hydrogens is 590 g/mol. The number of carboxylic acids is 1. The first-order valence-corrected chi connectivity index (χ1v) is 18.0. The predicted molar refractivity (Wildman–Crippen MR) is 182 cm³/mol. The molecule has 0 aliphatic heterocycles. The Bertz CT molecular complexity index is 794. The summed E-state index contributed by atoms with van der Waals surface area (Å²) in [5.41, 5.74) is 16.2. The van der Waals surface area contributed by atoms with E-state index in [2.05, 4.69) is 13.8 Å². The Hall–Kier alpha value is -2.37. The molecule has 0 aromatic rings. The van der Waals surface area contributed by atoms with E-state index >= 15 is 0 Å². The van der Waals surface area contributed by atoms with Crippen molar-refractivity contribution in [3.8, 4) is 0 Å². The first-order valence-electron chi connectivity index (χ1n) is 18.0. The van der Waals surface area contributed by atoms with Crippen LogP contribution < -0.4 is 17.2 Å². The minimum Gasteiger partial charge on any atom is -0.480 e. The maximum atomic E-state index is 12.0. The number of esters is 4.